The fourth-order valence-electron chi connectivity index (χ4n) is 4.10. The van der Waals surface area contributed by atoms with Gasteiger partial charge in [0.2, 0.25) is 0 Å². The standard InChI is InChI=1S/C17H30N4O/c1-14-19-16-7-6-15(12-21(16)20-14)18-13-17(10-11-22-2)8-4-3-5-9-17/h15,18H,3-13H2,1-2H3/t15-/m1/s1. The molecule has 5 heteroatoms. The Balaban J connectivity index is 1.56. The van der Waals surface area contributed by atoms with Crippen LogP contribution in [-0.2, 0) is 17.7 Å². The molecule has 22 heavy (non-hydrogen) atoms. The fraction of sp³-hybridized carbons (Fsp3) is 0.882. The predicted molar refractivity (Wildman–Crippen MR) is 86.9 cm³/mol. The zero-order valence-electron chi connectivity index (χ0n) is 14.1. The topological polar surface area (TPSA) is 52.0 Å². The Labute approximate surface area is 133 Å². The largest absolute Gasteiger partial charge is 0.385 e. The lowest BCUT2D eigenvalue weighted by Crippen LogP contribution is -2.45. The van der Waals surface area contributed by atoms with E-state index in [1.165, 1.54) is 44.9 Å². The van der Waals surface area contributed by atoms with Crippen molar-refractivity contribution in [2.24, 2.45) is 5.41 Å². The maximum atomic E-state index is 5.36. The molecule has 1 aliphatic heterocycles. The number of aryl methyl sites for hydroxylation is 2. The van der Waals surface area contributed by atoms with Gasteiger partial charge < -0.3 is 10.1 Å². The highest BCUT2D eigenvalue weighted by Crippen LogP contribution is 2.39. The van der Waals surface area contributed by atoms with Crippen LogP contribution in [0.5, 0.6) is 0 Å². The maximum Gasteiger partial charge on any atom is 0.147 e. The minimum Gasteiger partial charge on any atom is -0.385 e. The third kappa shape index (κ3) is 3.69. The van der Waals surface area contributed by atoms with Crippen molar-refractivity contribution in [3.8, 4) is 0 Å². The average molecular weight is 306 g/mol. The van der Waals surface area contributed by atoms with Crippen LogP contribution < -0.4 is 5.32 Å². The minimum atomic E-state index is 0.451. The first-order chi connectivity index (χ1) is 10.7. The van der Waals surface area contributed by atoms with Crippen LogP contribution >= 0.6 is 0 Å². The summed E-state index contributed by atoms with van der Waals surface area (Å²) in [6.45, 7) is 4.97. The van der Waals surface area contributed by atoms with E-state index in [0.29, 0.717) is 11.5 Å². The van der Waals surface area contributed by atoms with E-state index in [1.54, 1.807) is 0 Å². The fourth-order valence-corrected chi connectivity index (χ4v) is 4.10. The number of nitrogens with zero attached hydrogens (tertiary/aromatic N) is 3. The first-order valence-corrected chi connectivity index (χ1v) is 8.83. The Morgan fingerprint density at radius 1 is 1.32 bits per heavy atom. The van der Waals surface area contributed by atoms with Crippen LogP contribution in [0.2, 0.25) is 0 Å². The number of methoxy groups -OCH3 is 1. The summed E-state index contributed by atoms with van der Waals surface area (Å²) >= 11 is 0. The highest BCUT2D eigenvalue weighted by Gasteiger charge is 2.32. The maximum absolute atomic E-state index is 5.36. The molecule has 0 saturated heterocycles. The van der Waals surface area contributed by atoms with Crippen LogP contribution in [0.1, 0.15) is 56.6 Å². The van der Waals surface area contributed by atoms with Crippen molar-refractivity contribution in [3.63, 3.8) is 0 Å². The van der Waals surface area contributed by atoms with Gasteiger partial charge in [0.25, 0.3) is 0 Å². The third-order valence-electron chi connectivity index (χ3n) is 5.48. The van der Waals surface area contributed by atoms with Gasteiger partial charge in [-0.05, 0) is 38.0 Å². The molecule has 0 unspecified atom stereocenters. The Morgan fingerprint density at radius 3 is 2.91 bits per heavy atom. The molecule has 1 saturated carbocycles. The van der Waals surface area contributed by atoms with Gasteiger partial charge >= 0.3 is 0 Å². The first kappa shape index (κ1) is 15.9. The summed E-state index contributed by atoms with van der Waals surface area (Å²) in [6.07, 6.45) is 10.3. The van der Waals surface area contributed by atoms with Crippen molar-refractivity contribution < 1.29 is 4.74 Å². The zero-order valence-corrected chi connectivity index (χ0v) is 14.1. The van der Waals surface area contributed by atoms with Crippen molar-refractivity contribution in [2.75, 3.05) is 20.3 Å². The molecular formula is C17H30N4O. The van der Waals surface area contributed by atoms with Crippen LogP contribution in [0.25, 0.3) is 0 Å². The third-order valence-corrected chi connectivity index (χ3v) is 5.48. The van der Waals surface area contributed by atoms with E-state index in [0.717, 1.165) is 37.8 Å². The Bertz CT molecular complexity index is 479. The van der Waals surface area contributed by atoms with Crippen LogP contribution in [0, 0.1) is 12.3 Å². The summed E-state index contributed by atoms with van der Waals surface area (Å²) in [6, 6.07) is 0.537. The molecular weight excluding hydrogens is 276 g/mol. The molecule has 1 aromatic heterocycles. The first-order valence-electron chi connectivity index (χ1n) is 8.83. The number of ether oxygens (including phenoxy) is 1. The lowest BCUT2D eigenvalue weighted by molar-refractivity contribution is 0.0963. The lowest BCUT2D eigenvalue weighted by Gasteiger charge is -2.39. The van der Waals surface area contributed by atoms with Crippen molar-refractivity contribution in [3.05, 3.63) is 11.6 Å². The SMILES string of the molecule is COCCC1(CN[C@@H]2CCc3nc(C)nn3C2)CCCCC1. The second-order valence-corrected chi connectivity index (χ2v) is 7.18. The van der Waals surface area contributed by atoms with Crippen LogP contribution in [0.3, 0.4) is 0 Å². The Morgan fingerprint density at radius 2 is 2.14 bits per heavy atom. The van der Waals surface area contributed by atoms with E-state index < -0.39 is 0 Å². The molecule has 1 aliphatic carbocycles. The lowest BCUT2D eigenvalue weighted by atomic mass is 9.71. The molecule has 0 radical (unpaired) electrons. The number of hydrogen-bond donors (Lipinski definition) is 1. The van der Waals surface area contributed by atoms with Gasteiger partial charge in [0.05, 0.1) is 6.54 Å². The number of fused-ring (bicyclic) bond motifs is 1. The second-order valence-electron chi connectivity index (χ2n) is 7.18. The minimum absolute atomic E-state index is 0.451. The van der Waals surface area contributed by atoms with Crippen molar-refractivity contribution >= 4 is 0 Å². The highest BCUT2D eigenvalue weighted by atomic mass is 16.5. The molecule has 2 heterocycles. The molecule has 0 amide bonds. The van der Waals surface area contributed by atoms with E-state index in [9.17, 15) is 0 Å². The summed E-state index contributed by atoms with van der Waals surface area (Å²) in [5, 5.41) is 8.36. The van der Waals surface area contributed by atoms with E-state index in [-0.39, 0.29) is 0 Å². The van der Waals surface area contributed by atoms with Crippen LogP contribution in [0.15, 0.2) is 0 Å². The van der Waals surface area contributed by atoms with Gasteiger partial charge in [-0.2, -0.15) is 5.10 Å². The molecule has 5 nitrogen and oxygen atoms in total. The molecule has 3 rings (SSSR count). The molecule has 0 aromatic carbocycles. The monoisotopic (exact) mass is 306 g/mol. The van der Waals surface area contributed by atoms with Gasteiger partial charge in [0, 0.05) is 32.7 Å². The summed E-state index contributed by atoms with van der Waals surface area (Å²) in [4.78, 5) is 4.50. The van der Waals surface area contributed by atoms with E-state index in [1.807, 2.05) is 14.0 Å². The summed E-state index contributed by atoms with van der Waals surface area (Å²) < 4.78 is 7.46. The summed E-state index contributed by atoms with van der Waals surface area (Å²) in [5.41, 5.74) is 0.451. The van der Waals surface area contributed by atoms with Gasteiger partial charge in [0.1, 0.15) is 11.6 Å². The van der Waals surface area contributed by atoms with Gasteiger partial charge in [0.15, 0.2) is 0 Å². The zero-order chi connectivity index (χ0) is 15.4. The highest BCUT2D eigenvalue weighted by molar-refractivity contribution is 4.97. The van der Waals surface area contributed by atoms with Crippen molar-refractivity contribution in [2.45, 2.75) is 70.9 Å². The molecule has 0 spiro atoms. The van der Waals surface area contributed by atoms with Gasteiger partial charge in [-0.25, -0.2) is 9.67 Å². The Kier molecular flexibility index (Phi) is 5.14. The molecule has 1 aromatic rings. The van der Waals surface area contributed by atoms with Gasteiger partial charge in [-0.15, -0.1) is 0 Å². The number of aromatic nitrogens is 3. The van der Waals surface area contributed by atoms with Gasteiger partial charge in [-0.1, -0.05) is 19.3 Å². The van der Waals surface area contributed by atoms with Crippen molar-refractivity contribution in [1.82, 2.24) is 20.1 Å². The number of hydrogen-bond acceptors (Lipinski definition) is 4. The van der Waals surface area contributed by atoms with Crippen LogP contribution in [-0.4, -0.2) is 41.1 Å². The quantitative estimate of drug-likeness (QED) is 0.877. The Hall–Kier alpha value is -0.940. The summed E-state index contributed by atoms with van der Waals surface area (Å²) in [5.74, 6) is 2.06. The molecule has 1 N–H and O–H groups in total. The molecule has 1 atom stereocenters. The molecule has 2 aliphatic rings. The number of rotatable bonds is 6. The second kappa shape index (κ2) is 7.09. The predicted octanol–water partition coefficient (Wildman–Crippen LogP) is 2.48. The molecule has 0 bridgehead atoms. The summed E-state index contributed by atoms with van der Waals surface area (Å²) in [7, 11) is 1.82. The van der Waals surface area contributed by atoms with Crippen molar-refractivity contribution in [1.29, 1.82) is 0 Å². The molecule has 124 valence electrons. The normalized spacial score (nSPS) is 24.2. The number of nitrogens with one attached hydrogen (secondary N) is 1. The van der Waals surface area contributed by atoms with Gasteiger partial charge in [-0.3, -0.25) is 0 Å². The van der Waals surface area contributed by atoms with E-state index >= 15 is 0 Å². The van der Waals surface area contributed by atoms with E-state index in [2.05, 4.69) is 20.1 Å². The molecule has 1 fully saturated rings. The van der Waals surface area contributed by atoms with E-state index in [4.69, 9.17) is 4.74 Å². The van der Waals surface area contributed by atoms with Crippen LogP contribution in [0.4, 0.5) is 0 Å². The smallest absolute Gasteiger partial charge is 0.147 e. The average Bonchev–Trinajstić information content (AvgIpc) is 2.91.